The van der Waals surface area contributed by atoms with E-state index in [0.717, 1.165) is 0 Å². The van der Waals surface area contributed by atoms with Crippen LogP contribution < -0.4 is 21.7 Å². The number of carboxylic acid groups (broad SMARTS) is 2. The van der Waals surface area contributed by atoms with Gasteiger partial charge >= 0.3 is 11.9 Å². The van der Waals surface area contributed by atoms with E-state index in [2.05, 4.69) is 25.9 Å². The van der Waals surface area contributed by atoms with Gasteiger partial charge in [0.05, 0.1) is 18.5 Å². The number of rotatable bonds is 13. The van der Waals surface area contributed by atoms with Crippen LogP contribution in [0.15, 0.2) is 12.5 Å². The summed E-state index contributed by atoms with van der Waals surface area (Å²) in [4.78, 5) is 65.7. The molecule has 0 aliphatic rings. The Labute approximate surface area is 183 Å². The number of nitrogens with one attached hydrogen (secondary N) is 4. The van der Waals surface area contributed by atoms with Crippen LogP contribution in [-0.4, -0.2) is 85.2 Å². The highest BCUT2D eigenvalue weighted by atomic mass is 16.4. The van der Waals surface area contributed by atoms with Gasteiger partial charge in [0.2, 0.25) is 17.7 Å². The van der Waals surface area contributed by atoms with Gasteiger partial charge in [-0.3, -0.25) is 24.0 Å². The van der Waals surface area contributed by atoms with Crippen molar-refractivity contribution in [2.24, 2.45) is 5.73 Å². The van der Waals surface area contributed by atoms with Crippen LogP contribution in [0.5, 0.6) is 0 Å². The van der Waals surface area contributed by atoms with Gasteiger partial charge in [0, 0.05) is 24.7 Å². The number of H-pyrrole nitrogens is 1. The van der Waals surface area contributed by atoms with Gasteiger partial charge in [-0.25, -0.2) is 4.98 Å². The number of nitrogens with zero attached hydrogens (tertiary/aromatic N) is 1. The molecule has 0 aliphatic carbocycles. The number of imidazole rings is 1. The molecule has 14 nitrogen and oxygen atoms in total. The van der Waals surface area contributed by atoms with Crippen molar-refractivity contribution in [1.29, 1.82) is 0 Å². The number of carbonyl (C=O) groups excluding carboxylic acids is 3. The fraction of sp³-hybridized carbons (Fsp3) is 0.556. The predicted octanol–water partition coefficient (Wildman–Crippen LogP) is -2.92. The molecule has 178 valence electrons. The molecule has 0 saturated heterocycles. The Bertz CT molecular complexity index is 812. The molecule has 1 heterocycles. The summed E-state index contributed by atoms with van der Waals surface area (Å²) in [5.41, 5.74) is 6.14. The first kappa shape index (κ1) is 26.5. The lowest BCUT2D eigenvalue weighted by molar-refractivity contribution is -0.142. The number of aliphatic hydroxyl groups excluding tert-OH is 1. The number of carbonyl (C=O) groups is 5. The summed E-state index contributed by atoms with van der Waals surface area (Å²) in [6, 6.07) is -5.24. The normalized spacial score (nSPS) is 15.5. The van der Waals surface area contributed by atoms with Crippen LogP contribution in [0, 0.1) is 0 Å². The zero-order valence-corrected chi connectivity index (χ0v) is 17.6. The first-order chi connectivity index (χ1) is 14.9. The Hall–Kier alpha value is -3.52. The summed E-state index contributed by atoms with van der Waals surface area (Å²) >= 11 is 0. The van der Waals surface area contributed by atoms with Crippen LogP contribution in [-0.2, 0) is 30.4 Å². The van der Waals surface area contributed by atoms with Crippen LogP contribution in [0.4, 0.5) is 0 Å². The van der Waals surface area contributed by atoms with Crippen molar-refractivity contribution in [3.05, 3.63) is 18.2 Å². The maximum absolute atomic E-state index is 12.8. The molecule has 0 aromatic carbocycles. The summed E-state index contributed by atoms with van der Waals surface area (Å²) in [5.74, 6) is -5.03. The maximum atomic E-state index is 12.8. The minimum atomic E-state index is -1.51. The van der Waals surface area contributed by atoms with Crippen LogP contribution in [0.3, 0.4) is 0 Å². The Balaban J connectivity index is 2.95. The van der Waals surface area contributed by atoms with Crippen molar-refractivity contribution in [3.63, 3.8) is 0 Å². The number of aromatic nitrogens is 2. The lowest BCUT2D eigenvalue weighted by Crippen LogP contribution is -2.60. The highest BCUT2D eigenvalue weighted by molar-refractivity contribution is 5.94. The van der Waals surface area contributed by atoms with Crippen molar-refractivity contribution in [3.8, 4) is 0 Å². The number of aromatic amines is 1. The summed E-state index contributed by atoms with van der Waals surface area (Å²) in [6.07, 6.45) is 0.779. The third-order valence-electron chi connectivity index (χ3n) is 4.41. The molecule has 5 atom stereocenters. The van der Waals surface area contributed by atoms with E-state index in [4.69, 9.17) is 15.9 Å². The topological polar surface area (TPSA) is 237 Å². The second-order valence-electron chi connectivity index (χ2n) is 7.18. The van der Waals surface area contributed by atoms with E-state index >= 15 is 0 Å². The molecule has 1 aromatic heterocycles. The zero-order valence-electron chi connectivity index (χ0n) is 17.6. The maximum Gasteiger partial charge on any atom is 0.325 e. The fourth-order valence-electron chi connectivity index (χ4n) is 2.54. The van der Waals surface area contributed by atoms with Gasteiger partial charge in [0.15, 0.2) is 0 Å². The molecular formula is C18H28N6O8. The van der Waals surface area contributed by atoms with E-state index in [9.17, 15) is 29.1 Å². The van der Waals surface area contributed by atoms with Crippen LogP contribution in [0.1, 0.15) is 32.4 Å². The first-order valence-electron chi connectivity index (χ1n) is 9.69. The number of nitrogens with two attached hydrogens (primary N) is 1. The fourth-order valence-corrected chi connectivity index (χ4v) is 2.54. The molecule has 0 spiro atoms. The summed E-state index contributed by atoms with van der Waals surface area (Å²) in [7, 11) is 0. The standard InChI is InChI=1S/C18H28N6O8/c1-8(18(31)32)22-17(30)14(9(2)25)24-16(29)12(5-10-6-20-7-21-10)23-15(28)11(19)3-4-13(26)27/h6-9,11-12,14,25H,3-5,19H2,1-2H3,(H,20,21)(H,22,30)(H,23,28)(H,24,29)(H,26,27)(H,31,32). The van der Waals surface area contributed by atoms with Gasteiger partial charge in [-0.15, -0.1) is 0 Å². The Kier molecular flexibility index (Phi) is 10.2. The van der Waals surface area contributed by atoms with E-state index in [1.807, 2.05) is 0 Å². The average molecular weight is 456 g/mol. The number of carboxylic acids is 2. The van der Waals surface area contributed by atoms with Crippen LogP contribution in [0.25, 0.3) is 0 Å². The summed E-state index contributed by atoms with van der Waals surface area (Å²) in [6.45, 7) is 2.43. The molecule has 0 bridgehead atoms. The van der Waals surface area contributed by atoms with E-state index in [0.29, 0.717) is 5.69 Å². The number of aliphatic hydroxyl groups is 1. The van der Waals surface area contributed by atoms with E-state index in [1.54, 1.807) is 0 Å². The van der Waals surface area contributed by atoms with Crippen LogP contribution in [0.2, 0.25) is 0 Å². The van der Waals surface area contributed by atoms with Crippen molar-refractivity contribution in [1.82, 2.24) is 25.9 Å². The lowest BCUT2D eigenvalue weighted by Gasteiger charge is -2.26. The van der Waals surface area contributed by atoms with Gasteiger partial charge in [0.25, 0.3) is 0 Å². The van der Waals surface area contributed by atoms with Gasteiger partial charge in [-0.2, -0.15) is 0 Å². The van der Waals surface area contributed by atoms with Gasteiger partial charge in [-0.1, -0.05) is 0 Å². The minimum Gasteiger partial charge on any atom is -0.481 e. The SMILES string of the molecule is CC(NC(=O)C(NC(=O)C(Cc1cnc[nH]1)NC(=O)C(N)CCC(=O)O)C(C)O)C(=O)O. The Morgan fingerprint density at radius 2 is 1.72 bits per heavy atom. The number of hydrogen-bond donors (Lipinski definition) is 8. The largest absolute Gasteiger partial charge is 0.481 e. The number of hydrogen-bond acceptors (Lipinski definition) is 8. The van der Waals surface area contributed by atoms with Crippen molar-refractivity contribution < 1.29 is 39.3 Å². The van der Waals surface area contributed by atoms with Crippen LogP contribution >= 0.6 is 0 Å². The summed E-state index contributed by atoms with van der Waals surface area (Å²) < 4.78 is 0. The molecule has 14 heteroatoms. The smallest absolute Gasteiger partial charge is 0.325 e. The zero-order chi connectivity index (χ0) is 24.4. The van der Waals surface area contributed by atoms with Crippen molar-refractivity contribution in [2.45, 2.75) is 63.4 Å². The highest BCUT2D eigenvalue weighted by Crippen LogP contribution is 2.04. The number of amides is 3. The second-order valence-corrected chi connectivity index (χ2v) is 7.18. The van der Waals surface area contributed by atoms with E-state index < -0.39 is 59.9 Å². The monoisotopic (exact) mass is 456 g/mol. The molecule has 0 saturated carbocycles. The quantitative estimate of drug-likeness (QED) is 0.150. The van der Waals surface area contributed by atoms with Crippen molar-refractivity contribution in [2.75, 3.05) is 0 Å². The third-order valence-corrected chi connectivity index (χ3v) is 4.41. The third kappa shape index (κ3) is 8.69. The van der Waals surface area contributed by atoms with Gasteiger partial charge in [0.1, 0.15) is 18.1 Å². The average Bonchev–Trinajstić information content (AvgIpc) is 3.21. The Morgan fingerprint density at radius 3 is 2.22 bits per heavy atom. The van der Waals surface area contributed by atoms with Crippen molar-refractivity contribution >= 4 is 29.7 Å². The summed E-state index contributed by atoms with van der Waals surface area (Å²) in [5, 5.41) is 34.4. The molecule has 5 unspecified atom stereocenters. The predicted molar refractivity (Wildman–Crippen MR) is 108 cm³/mol. The molecular weight excluding hydrogens is 428 g/mol. The second kappa shape index (κ2) is 12.4. The minimum absolute atomic E-state index is 0.0805. The number of aliphatic carboxylic acids is 2. The van der Waals surface area contributed by atoms with Gasteiger partial charge in [-0.05, 0) is 20.3 Å². The highest BCUT2D eigenvalue weighted by Gasteiger charge is 2.32. The molecule has 0 aliphatic heterocycles. The molecule has 32 heavy (non-hydrogen) atoms. The lowest BCUT2D eigenvalue weighted by atomic mass is 10.1. The molecule has 0 fully saturated rings. The molecule has 1 aromatic rings. The van der Waals surface area contributed by atoms with E-state index in [1.165, 1.54) is 26.4 Å². The molecule has 1 rings (SSSR count). The van der Waals surface area contributed by atoms with Gasteiger partial charge < -0.3 is 42.0 Å². The molecule has 3 amide bonds. The molecule has 0 radical (unpaired) electrons. The van der Waals surface area contributed by atoms with E-state index in [-0.39, 0.29) is 19.3 Å². The molecule has 9 N–H and O–H groups in total. The Morgan fingerprint density at radius 1 is 1.06 bits per heavy atom. The first-order valence-corrected chi connectivity index (χ1v) is 9.69.